The zero-order chi connectivity index (χ0) is 9.26. The Morgan fingerprint density at radius 3 is 3.15 bits per heavy atom. The van der Waals surface area contributed by atoms with Crippen LogP contribution < -0.4 is 0 Å². The maximum Gasteiger partial charge on any atom is 0.141 e. The van der Waals surface area contributed by atoms with Gasteiger partial charge in [0.1, 0.15) is 11.8 Å². The minimum atomic E-state index is 0.248. The van der Waals surface area contributed by atoms with Gasteiger partial charge in [-0.3, -0.25) is 0 Å². The topological polar surface area (TPSA) is 47.8 Å². The van der Waals surface area contributed by atoms with E-state index in [0.717, 1.165) is 21.8 Å². The van der Waals surface area contributed by atoms with Crippen molar-refractivity contribution in [3.63, 3.8) is 0 Å². The molecule has 13 heavy (non-hydrogen) atoms. The number of carbonyl (C=O) groups is 1. The molecule has 0 atom stereocenters. The van der Waals surface area contributed by atoms with Crippen LogP contribution in [0.25, 0.3) is 11.0 Å². The van der Waals surface area contributed by atoms with Crippen molar-refractivity contribution < 1.29 is 4.79 Å². The first-order chi connectivity index (χ1) is 6.31. The Bertz CT molecular complexity index is 452. The van der Waals surface area contributed by atoms with Crippen LogP contribution in [-0.4, -0.2) is 21.3 Å². The van der Waals surface area contributed by atoms with Crippen LogP contribution in [0.4, 0.5) is 0 Å². The van der Waals surface area contributed by atoms with Crippen LogP contribution in [0.2, 0.25) is 0 Å². The molecule has 1 heterocycles. The van der Waals surface area contributed by atoms with Crippen molar-refractivity contribution in [3.8, 4) is 0 Å². The third-order valence-electron chi connectivity index (χ3n) is 1.72. The van der Waals surface area contributed by atoms with Gasteiger partial charge in [0.2, 0.25) is 0 Å². The molecule has 66 valence electrons. The molecular weight excluding hydrogens is 234 g/mol. The van der Waals surface area contributed by atoms with Gasteiger partial charge in [-0.15, -0.1) is 5.10 Å². The maximum atomic E-state index is 10.3. The van der Waals surface area contributed by atoms with Gasteiger partial charge in [0, 0.05) is 4.47 Å². The first-order valence-corrected chi connectivity index (χ1v) is 4.53. The zero-order valence-corrected chi connectivity index (χ0v) is 8.23. The number of fused-ring (bicyclic) bond motifs is 1. The second-order valence-corrected chi connectivity index (χ2v) is 3.49. The maximum absolute atomic E-state index is 10.3. The molecule has 0 saturated carbocycles. The van der Waals surface area contributed by atoms with E-state index in [9.17, 15) is 4.79 Å². The van der Waals surface area contributed by atoms with Gasteiger partial charge in [0.25, 0.3) is 0 Å². The van der Waals surface area contributed by atoms with Crippen LogP contribution in [-0.2, 0) is 11.3 Å². The average Bonchev–Trinajstić information content (AvgIpc) is 2.49. The van der Waals surface area contributed by atoms with E-state index in [1.54, 1.807) is 4.68 Å². The van der Waals surface area contributed by atoms with E-state index in [0.29, 0.717) is 0 Å². The second kappa shape index (κ2) is 3.26. The van der Waals surface area contributed by atoms with E-state index >= 15 is 0 Å². The number of aromatic nitrogens is 3. The molecule has 0 unspecified atom stereocenters. The smallest absolute Gasteiger partial charge is 0.141 e. The molecular formula is C8H6BrN3O. The lowest BCUT2D eigenvalue weighted by Crippen LogP contribution is -2.00. The highest BCUT2D eigenvalue weighted by molar-refractivity contribution is 9.10. The standard InChI is InChI=1S/C8H6BrN3O/c9-6-1-2-8-7(5-6)10-11-12(8)3-4-13/h1-2,4-5H,3H2. The summed E-state index contributed by atoms with van der Waals surface area (Å²) in [5.41, 5.74) is 1.66. The van der Waals surface area contributed by atoms with Crippen molar-refractivity contribution >= 4 is 33.2 Å². The highest BCUT2D eigenvalue weighted by Crippen LogP contribution is 2.16. The first-order valence-electron chi connectivity index (χ1n) is 3.73. The molecule has 0 N–H and O–H groups in total. The first kappa shape index (κ1) is 8.37. The van der Waals surface area contributed by atoms with Crippen LogP contribution >= 0.6 is 15.9 Å². The summed E-state index contributed by atoms with van der Waals surface area (Å²) in [6.45, 7) is 0.248. The lowest BCUT2D eigenvalue weighted by atomic mass is 10.3. The van der Waals surface area contributed by atoms with E-state index in [1.807, 2.05) is 18.2 Å². The fraction of sp³-hybridized carbons (Fsp3) is 0.125. The van der Waals surface area contributed by atoms with E-state index in [1.165, 1.54) is 0 Å². The quantitative estimate of drug-likeness (QED) is 0.745. The summed E-state index contributed by atoms with van der Waals surface area (Å²) in [6, 6.07) is 5.64. The van der Waals surface area contributed by atoms with Crippen LogP contribution in [0.3, 0.4) is 0 Å². The molecule has 0 aliphatic rings. The molecule has 0 fully saturated rings. The fourth-order valence-electron chi connectivity index (χ4n) is 1.15. The summed E-state index contributed by atoms with van der Waals surface area (Å²) < 4.78 is 2.52. The van der Waals surface area contributed by atoms with Gasteiger partial charge < -0.3 is 4.79 Å². The van der Waals surface area contributed by atoms with Crippen molar-refractivity contribution in [2.24, 2.45) is 0 Å². The van der Waals surface area contributed by atoms with Crippen LogP contribution in [0.15, 0.2) is 22.7 Å². The molecule has 0 aliphatic heterocycles. The number of aldehydes is 1. The number of hydrogen-bond acceptors (Lipinski definition) is 3. The highest BCUT2D eigenvalue weighted by atomic mass is 79.9. The number of benzene rings is 1. The molecule has 0 bridgehead atoms. The van der Waals surface area contributed by atoms with E-state index in [4.69, 9.17) is 0 Å². The van der Waals surface area contributed by atoms with Crippen LogP contribution in [0.1, 0.15) is 0 Å². The van der Waals surface area contributed by atoms with Gasteiger partial charge in [-0.05, 0) is 18.2 Å². The fourth-order valence-corrected chi connectivity index (χ4v) is 1.50. The van der Waals surface area contributed by atoms with E-state index < -0.39 is 0 Å². The molecule has 0 aliphatic carbocycles. The molecule has 0 radical (unpaired) electrons. The third-order valence-corrected chi connectivity index (χ3v) is 2.22. The summed E-state index contributed by atoms with van der Waals surface area (Å²) in [5, 5.41) is 7.76. The van der Waals surface area contributed by atoms with Crippen LogP contribution in [0.5, 0.6) is 0 Å². The van der Waals surface area contributed by atoms with Gasteiger partial charge in [0.15, 0.2) is 0 Å². The number of rotatable bonds is 2. The second-order valence-electron chi connectivity index (χ2n) is 2.57. The summed E-state index contributed by atoms with van der Waals surface area (Å²) >= 11 is 3.33. The zero-order valence-electron chi connectivity index (χ0n) is 6.64. The summed E-state index contributed by atoms with van der Waals surface area (Å²) in [6.07, 6.45) is 0.802. The summed E-state index contributed by atoms with van der Waals surface area (Å²) in [5.74, 6) is 0. The molecule has 5 heteroatoms. The van der Waals surface area contributed by atoms with Gasteiger partial charge in [-0.1, -0.05) is 21.1 Å². The minimum absolute atomic E-state index is 0.248. The molecule has 1 aromatic heterocycles. The molecule has 0 spiro atoms. The third kappa shape index (κ3) is 1.47. The molecule has 2 aromatic rings. The van der Waals surface area contributed by atoms with Crippen molar-refractivity contribution in [2.45, 2.75) is 6.54 Å². The molecule has 0 amide bonds. The van der Waals surface area contributed by atoms with Crippen molar-refractivity contribution in [1.82, 2.24) is 15.0 Å². The van der Waals surface area contributed by atoms with Gasteiger partial charge >= 0.3 is 0 Å². The minimum Gasteiger partial charge on any atom is -0.301 e. The average molecular weight is 240 g/mol. The van der Waals surface area contributed by atoms with E-state index in [-0.39, 0.29) is 6.54 Å². The Labute approximate surface area is 82.7 Å². The number of hydrogen-bond donors (Lipinski definition) is 0. The van der Waals surface area contributed by atoms with Gasteiger partial charge in [0.05, 0.1) is 12.1 Å². The number of nitrogens with zero attached hydrogens (tertiary/aromatic N) is 3. The lowest BCUT2D eigenvalue weighted by Gasteiger charge is -1.94. The summed E-state index contributed by atoms with van der Waals surface area (Å²) in [4.78, 5) is 10.3. The number of halogens is 1. The Morgan fingerprint density at radius 2 is 2.38 bits per heavy atom. The highest BCUT2D eigenvalue weighted by Gasteiger charge is 2.02. The Balaban J connectivity index is 2.61. The monoisotopic (exact) mass is 239 g/mol. The molecule has 2 rings (SSSR count). The van der Waals surface area contributed by atoms with Crippen LogP contribution in [0, 0.1) is 0 Å². The predicted octanol–water partition coefficient (Wildman–Crippen LogP) is 1.39. The Kier molecular flexibility index (Phi) is 2.10. The normalized spacial score (nSPS) is 10.5. The predicted molar refractivity (Wildman–Crippen MR) is 51.3 cm³/mol. The Hall–Kier alpha value is -1.23. The van der Waals surface area contributed by atoms with Crippen molar-refractivity contribution in [2.75, 3.05) is 0 Å². The van der Waals surface area contributed by atoms with Gasteiger partial charge in [-0.25, -0.2) is 4.68 Å². The SMILES string of the molecule is O=CCn1nnc2cc(Br)ccc21. The summed E-state index contributed by atoms with van der Waals surface area (Å²) in [7, 11) is 0. The lowest BCUT2D eigenvalue weighted by molar-refractivity contribution is -0.108. The largest absolute Gasteiger partial charge is 0.301 e. The van der Waals surface area contributed by atoms with Crippen molar-refractivity contribution in [3.05, 3.63) is 22.7 Å². The van der Waals surface area contributed by atoms with Crippen molar-refractivity contribution in [1.29, 1.82) is 0 Å². The molecule has 4 nitrogen and oxygen atoms in total. The molecule has 1 aromatic carbocycles. The Morgan fingerprint density at radius 1 is 1.54 bits per heavy atom. The van der Waals surface area contributed by atoms with E-state index in [2.05, 4.69) is 26.2 Å². The number of carbonyl (C=O) groups excluding carboxylic acids is 1. The van der Waals surface area contributed by atoms with Gasteiger partial charge in [-0.2, -0.15) is 0 Å². The molecule has 0 saturated heterocycles.